The molecule has 0 radical (unpaired) electrons. The van der Waals surface area contributed by atoms with E-state index in [4.69, 9.17) is 0 Å². The average molecular weight is 327 g/mol. The van der Waals surface area contributed by atoms with Crippen molar-refractivity contribution in [2.45, 2.75) is 31.2 Å². The summed E-state index contributed by atoms with van der Waals surface area (Å²) in [5.41, 5.74) is -0.579. The highest BCUT2D eigenvalue weighted by atomic mass is 79.9. The normalized spacial score (nSPS) is 16.9. The monoisotopic (exact) mass is 326 g/mol. The van der Waals surface area contributed by atoms with Crippen LogP contribution in [0.1, 0.15) is 31.2 Å². The first-order valence-electron chi connectivity index (χ1n) is 5.76. The van der Waals surface area contributed by atoms with Gasteiger partial charge in [-0.1, -0.05) is 12.8 Å². The van der Waals surface area contributed by atoms with Gasteiger partial charge in [-0.05, 0) is 40.4 Å². The van der Waals surface area contributed by atoms with Gasteiger partial charge in [0.05, 0.1) is 14.9 Å². The highest BCUT2D eigenvalue weighted by molar-refractivity contribution is 9.10. The van der Waals surface area contributed by atoms with Crippen molar-refractivity contribution in [3.63, 3.8) is 0 Å². The van der Waals surface area contributed by atoms with Crippen LogP contribution in [0.3, 0.4) is 0 Å². The number of aliphatic imine (C=N–C) groups is 1. The molecule has 6 nitrogen and oxygen atoms in total. The fourth-order valence-electron chi connectivity index (χ4n) is 2.50. The Bertz CT molecular complexity index is 575. The molecule has 0 amide bonds. The molecule has 0 saturated heterocycles. The Labute approximate surface area is 117 Å². The molecular weight excluding hydrogens is 316 g/mol. The number of hydrogen-bond acceptors (Lipinski definition) is 5. The molecule has 0 bridgehead atoms. The molecule has 0 atom stereocenters. The first-order valence-corrected chi connectivity index (χ1v) is 6.56. The van der Waals surface area contributed by atoms with Gasteiger partial charge in [-0.25, -0.2) is 4.79 Å². The molecule has 0 aliphatic heterocycles. The fraction of sp³-hybridized carbons (Fsp3) is 0.417. The standard InChI is InChI=1S/C12H11BrN2O4/c13-9-5-8(6-10(11(9)17)15(18)19)12(14-7-16)3-1-2-4-12/h5-6,17H,1-4H2. The summed E-state index contributed by atoms with van der Waals surface area (Å²) < 4.78 is 0.226. The van der Waals surface area contributed by atoms with Crippen molar-refractivity contribution in [1.29, 1.82) is 0 Å². The summed E-state index contributed by atoms with van der Waals surface area (Å²) >= 11 is 3.09. The third-order valence-electron chi connectivity index (χ3n) is 3.47. The van der Waals surface area contributed by atoms with E-state index in [0.29, 0.717) is 18.4 Å². The van der Waals surface area contributed by atoms with Crippen LogP contribution in [0.2, 0.25) is 0 Å². The predicted octanol–water partition coefficient (Wildman–Crippen LogP) is 3.17. The van der Waals surface area contributed by atoms with Crippen LogP contribution in [0.15, 0.2) is 21.6 Å². The molecule has 1 saturated carbocycles. The number of nitro groups is 1. The Morgan fingerprint density at radius 3 is 2.58 bits per heavy atom. The summed E-state index contributed by atoms with van der Waals surface area (Å²) in [7, 11) is 0. The van der Waals surface area contributed by atoms with Crippen LogP contribution >= 0.6 is 15.9 Å². The summed E-state index contributed by atoms with van der Waals surface area (Å²) in [5.74, 6) is -0.419. The van der Waals surface area contributed by atoms with Crippen molar-refractivity contribution in [2.24, 2.45) is 4.99 Å². The molecule has 0 unspecified atom stereocenters. The first kappa shape index (κ1) is 13.7. The minimum absolute atomic E-state index is 0.226. The van der Waals surface area contributed by atoms with E-state index < -0.39 is 21.9 Å². The van der Waals surface area contributed by atoms with Gasteiger partial charge in [0.2, 0.25) is 11.8 Å². The van der Waals surface area contributed by atoms with E-state index in [9.17, 15) is 20.0 Å². The zero-order chi connectivity index (χ0) is 14.0. The van der Waals surface area contributed by atoms with E-state index in [2.05, 4.69) is 20.9 Å². The largest absolute Gasteiger partial charge is 0.501 e. The molecule has 2 rings (SSSR count). The second-order valence-corrected chi connectivity index (χ2v) is 5.38. The maximum Gasteiger partial charge on any atom is 0.312 e. The topological polar surface area (TPSA) is 92.8 Å². The zero-order valence-electron chi connectivity index (χ0n) is 9.93. The van der Waals surface area contributed by atoms with Crippen molar-refractivity contribution in [3.05, 3.63) is 32.3 Å². The quantitative estimate of drug-likeness (QED) is 0.399. The Morgan fingerprint density at radius 1 is 1.42 bits per heavy atom. The summed E-state index contributed by atoms with van der Waals surface area (Å²) in [4.78, 5) is 24.8. The van der Waals surface area contributed by atoms with Crippen LogP contribution in [-0.2, 0) is 10.3 Å². The van der Waals surface area contributed by atoms with Gasteiger partial charge in [-0.2, -0.15) is 4.99 Å². The number of carbonyl (C=O) groups excluding carboxylic acids is 1. The second kappa shape index (κ2) is 5.11. The number of nitro benzene ring substituents is 1. The summed E-state index contributed by atoms with van der Waals surface area (Å²) in [5, 5.41) is 20.6. The van der Waals surface area contributed by atoms with Crippen LogP contribution < -0.4 is 0 Å². The lowest BCUT2D eigenvalue weighted by molar-refractivity contribution is -0.386. The smallest absolute Gasteiger partial charge is 0.312 e. The number of rotatable bonds is 3. The van der Waals surface area contributed by atoms with Crippen LogP contribution in [0.25, 0.3) is 0 Å². The molecule has 1 aromatic rings. The van der Waals surface area contributed by atoms with Crippen LogP contribution in [0.4, 0.5) is 5.69 Å². The molecule has 0 aromatic heterocycles. The lowest BCUT2D eigenvalue weighted by Gasteiger charge is -2.23. The van der Waals surface area contributed by atoms with E-state index in [0.717, 1.165) is 12.8 Å². The predicted molar refractivity (Wildman–Crippen MR) is 70.7 cm³/mol. The van der Waals surface area contributed by atoms with Gasteiger partial charge < -0.3 is 5.11 Å². The lowest BCUT2D eigenvalue weighted by Crippen LogP contribution is -2.19. The van der Waals surface area contributed by atoms with E-state index in [1.54, 1.807) is 12.1 Å². The number of hydrogen-bond donors (Lipinski definition) is 1. The second-order valence-electron chi connectivity index (χ2n) is 4.52. The number of phenols is 1. The summed E-state index contributed by atoms with van der Waals surface area (Å²) in [6.45, 7) is 0. The number of isocyanates is 1. The van der Waals surface area contributed by atoms with Crippen molar-refractivity contribution >= 4 is 27.7 Å². The molecule has 0 heterocycles. The van der Waals surface area contributed by atoms with Crippen LogP contribution in [-0.4, -0.2) is 16.1 Å². The molecule has 100 valence electrons. The molecule has 1 fully saturated rings. The average Bonchev–Trinajstić information content (AvgIpc) is 2.82. The number of aromatic hydroxyl groups is 1. The number of nitrogens with zero attached hydrogens (tertiary/aromatic N) is 2. The lowest BCUT2D eigenvalue weighted by atomic mass is 9.88. The van der Waals surface area contributed by atoms with Gasteiger partial charge in [-0.3, -0.25) is 10.1 Å². The maximum absolute atomic E-state index is 10.9. The molecule has 1 aromatic carbocycles. The first-order chi connectivity index (χ1) is 9.00. The SMILES string of the molecule is O=C=NC1(c2cc(Br)c(O)c([N+](=O)[O-])c2)CCCC1. The van der Waals surface area contributed by atoms with Crippen LogP contribution in [0, 0.1) is 10.1 Å². The van der Waals surface area contributed by atoms with Gasteiger partial charge in [0.1, 0.15) is 0 Å². The van der Waals surface area contributed by atoms with Gasteiger partial charge in [0, 0.05) is 6.07 Å². The Hall–Kier alpha value is -1.72. The Kier molecular flexibility index (Phi) is 3.68. The summed E-state index contributed by atoms with van der Waals surface area (Å²) in [6.07, 6.45) is 4.66. The van der Waals surface area contributed by atoms with E-state index >= 15 is 0 Å². The van der Waals surface area contributed by atoms with E-state index in [-0.39, 0.29) is 4.47 Å². The Morgan fingerprint density at radius 2 is 2.05 bits per heavy atom. The fourth-order valence-corrected chi connectivity index (χ4v) is 2.95. The third kappa shape index (κ3) is 2.39. The van der Waals surface area contributed by atoms with E-state index in [1.165, 1.54) is 6.07 Å². The van der Waals surface area contributed by atoms with Gasteiger partial charge in [-0.15, -0.1) is 0 Å². The maximum atomic E-state index is 10.9. The minimum Gasteiger partial charge on any atom is -0.501 e. The van der Waals surface area contributed by atoms with Gasteiger partial charge in [0.25, 0.3) is 0 Å². The highest BCUT2D eigenvalue weighted by Crippen LogP contribution is 2.46. The number of benzene rings is 1. The molecule has 1 aliphatic rings. The van der Waals surface area contributed by atoms with E-state index in [1.807, 2.05) is 0 Å². The van der Waals surface area contributed by atoms with Crippen molar-refractivity contribution in [3.8, 4) is 5.75 Å². The number of halogens is 1. The van der Waals surface area contributed by atoms with Crippen LogP contribution in [0.5, 0.6) is 5.75 Å². The zero-order valence-corrected chi connectivity index (χ0v) is 11.5. The van der Waals surface area contributed by atoms with Crippen molar-refractivity contribution in [2.75, 3.05) is 0 Å². The highest BCUT2D eigenvalue weighted by Gasteiger charge is 2.37. The van der Waals surface area contributed by atoms with Gasteiger partial charge >= 0.3 is 5.69 Å². The Balaban J connectivity index is 2.61. The minimum atomic E-state index is -0.747. The summed E-state index contributed by atoms with van der Waals surface area (Å²) in [6, 6.07) is 2.86. The molecular formula is C12H11BrN2O4. The van der Waals surface area contributed by atoms with Gasteiger partial charge in [0.15, 0.2) is 0 Å². The molecule has 1 N–H and O–H groups in total. The molecule has 1 aliphatic carbocycles. The third-order valence-corrected chi connectivity index (χ3v) is 4.07. The van der Waals surface area contributed by atoms with Crippen molar-refractivity contribution in [1.82, 2.24) is 0 Å². The molecule has 7 heteroatoms. The molecule has 19 heavy (non-hydrogen) atoms. The molecule has 0 spiro atoms. The van der Waals surface area contributed by atoms with Crippen molar-refractivity contribution < 1.29 is 14.8 Å². The number of phenolic OH excluding ortho intramolecular Hbond substituents is 1.